The smallest absolute Gasteiger partial charge is 0.331 e. The molecule has 0 aliphatic carbocycles. The summed E-state index contributed by atoms with van der Waals surface area (Å²) in [6.07, 6.45) is 0. The molecule has 0 radical (unpaired) electrons. The van der Waals surface area contributed by atoms with Crippen molar-refractivity contribution in [3.8, 4) is 5.75 Å². The maximum atomic E-state index is 12.2. The summed E-state index contributed by atoms with van der Waals surface area (Å²) in [5, 5.41) is 0. The van der Waals surface area contributed by atoms with E-state index in [-0.39, 0.29) is 16.5 Å². The van der Waals surface area contributed by atoms with Gasteiger partial charge in [-0.15, -0.1) is 0 Å². The molecule has 28 heavy (non-hydrogen) atoms. The van der Waals surface area contributed by atoms with Crippen LogP contribution in [0.2, 0.25) is 0 Å². The van der Waals surface area contributed by atoms with E-state index < -0.39 is 28.6 Å². The molecular formula is C19H18N2O6S. The zero-order valence-corrected chi connectivity index (χ0v) is 16.0. The van der Waals surface area contributed by atoms with Gasteiger partial charge in [0.05, 0.1) is 12.0 Å². The van der Waals surface area contributed by atoms with E-state index in [1.807, 2.05) is 0 Å². The topological polar surface area (TPSA) is 111 Å². The van der Waals surface area contributed by atoms with Gasteiger partial charge in [-0.2, -0.15) is 0 Å². The molecule has 0 bridgehead atoms. The number of nitrogens with zero attached hydrogens (tertiary/aromatic N) is 1. The lowest BCUT2D eigenvalue weighted by Gasteiger charge is -2.09. The third kappa shape index (κ3) is 4.04. The second kappa shape index (κ2) is 7.81. The summed E-state index contributed by atoms with van der Waals surface area (Å²) in [4.78, 5) is 28.6. The number of sulfonamides is 1. The first-order chi connectivity index (χ1) is 13.3. The van der Waals surface area contributed by atoms with Gasteiger partial charge >= 0.3 is 5.97 Å². The quantitative estimate of drug-likeness (QED) is 0.580. The third-order valence-electron chi connectivity index (χ3n) is 4.06. The fraction of sp³-hybridized carbons (Fsp3) is 0.211. The van der Waals surface area contributed by atoms with Crippen molar-refractivity contribution in [1.82, 2.24) is 4.72 Å². The van der Waals surface area contributed by atoms with Gasteiger partial charge in [0.25, 0.3) is 10.0 Å². The van der Waals surface area contributed by atoms with Crippen LogP contribution in [0.15, 0.2) is 58.4 Å². The SMILES string of the molecule is COc1cccc(C(=O)COC(=O)[C@H](C)N=C2NS(=O)(=O)c3ccccc32)c1. The van der Waals surface area contributed by atoms with E-state index in [1.165, 1.54) is 20.1 Å². The Labute approximate surface area is 162 Å². The number of rotatable bonds is 6. The molecule has 2 aromatic rings. The van der Waals surface area contributed by atoms with E-state index in [1.54, 1.807) is 42.5 Å². The normalized spacial score (nSPS) is 16.7. The zero-order valence-electron chi connectivity index (χ0n) is 15.2. The molecule has 0 fully saturated rings. The highest BCUT2D eigenvalue weighted by Crippen LogP contribution is 2.22. The van der Waals surface area contributed by atoms with E-state index in [0.717, 1.165) is 0 Å². The Balaban J connectivity index is 1.67. The molecule has 1 heterocycles. The van der Waals surface area contributed by atoms with Gasteiger partial charge in [-0.3, -0.25) is 14.5 Å². The van der Waals surface area contributed by atoms with Crippen molar-refractivity contribution in [1.29, 1.82) is 0 Å². The number of nitrogens with one attached hydrogen (secondary N) is 1. The van der Waals surface area contributed by atoms with Gasteiger partial charge in [0.1, 0.15) is 17.6 Å². The molecule has 0 aromatic heterocycles. The van der Waals surface area contributed by atoms with Gasteiger partial charge in [-0.1, -0.05) is 24.3 Å². The minimum absolute atomic E-state index is 0.0687. The second-order valence-corrected chi connectivity index (χ2v) is 7.67. The number of ether oxygens (including phenoxy) is 2. The van der Waals surface area contributed by atoms with Crippen LogP contribution >= 0.6 is 0 Å². The van der Waals surface area contributed by atoms with Gasteiger partial charge < -0.3 is 9.47 Å². The number of carbonyl (C=O) groups excluding carboxylic acids is 2. The van der Waals surface area contributed by atoms with Crippen LogP contribution in [0.1, 0.15) is 22.8 Å². The van der Waals surface area contributed by atoms with E-state index in [4.69, 9.17) is 9.47 Å². The van der Waals surface area contributed by atoms with Gasteiger partial charge in [0, 0.05) is 11.1 Å². The van der Waals surface area contributed by atoms with Crippen LogP contribution in [0.25, 0.3) is 0 Å². The monoisotopic (exact) mass is 402 g/mol. The van der Waals surface area contributed by atoms with E-state index in [0.29, 0.717) is 16.9 Å². The first kappa shape index (κ1) is 19.6. The molecule has 1 N–H and O–H groups in total. The Hall–Kier alpha value is -3.20. The predicted octanol–water partition coefficient (Wildman–Crippen LogP) is 1.55. The molecule has 1 aliphatic rings. The van der Waals surface area contributed by atoms with E-state index in [9.17, 15) is 18.0 Å². The zero-order chi connectivity index (χ0) is 20.3. The Kier molecular flexibility index (Phi) is 5.46. The van der Waals surface area contributed by atoms with Crippen LogP contribution in [0.4, 0.5) is 0 Å². The molecule has 9 heteroatoms. The van der Waals surface area contributed by atoms with Crippen molar-refractivity contribution in [2.75, 3.05) is 13.7 Å². The van der Waals surface area contributed by atoms with Crippen LogP contribution in [0.5, 0.6) is 5.75 Å². The molecule has 0 saturated heterocycles. The summed E-state index contributed by atoms with van der Waals surface area (Å²) in [6.45, 7) is 1.00. The molecule has 2 aromatic carbocycles. The number of esters is 1. The number of ketones is 1. The van der Waals surface area contributed by atoms with Crippen LogP contribution in [0.3, 0.4) is 0 Å². The molecule has 146 valence electrons. The van der Waals surface area contributed by atoms with E-state index >= 15 is 0 Å². The van der Waals surface area contributed by atoms with Crippen molar-refractivity contribution >= 4 is 27.6 Å². The number of amidine groups is 1. The summed E-state index contributed by atoms with van der Waals surface area (Å²) >= 11 is 0. The Morgan fingerprint density at radius 3 is 2.64 bits per heavy atom. The van der Waals surface area contributed by atoms with Crippen molar-refractivity contribution in [2.45, 2.75) is 17.9 Å². The predicted molar refractivity (Wildman–Crippen MR) is 101 cm³/mol. The number of aliphatic imine (C=N–C) groups is 1. The van der Waals surface area contributed by atoms with Gasteiger partial charge in [0.15, 0.2) is 12.4 Å². The standard InChI is InChI=1S/C19H18N2O6S/c1-12(20-18-15-8-3-4-9-17(15)28(24,25)21-18)19(23)27-11-16(22)13-6-5-7-14(10-13)26-2/h3-10,12H,11H2,1-2H3,(H,20,21)/t12-/m0/s1. The van der Waals surface area contributed by atoms with Gasteiger partial charge in [-0.25, -0.2) is 13.2 Å². The van der Waals surface area contributed by atoms with E-state index in [2.05, 4.69) is 9.71 Å². The first-order valence-electron chi connectivity index (χ1n) is 8.36. The molecule has 0 saturated carbocycles. The molecule has 0 amide bonds. The number of methoxy groups -OCH3 is 1. The highest BCUT2D eigenvalue weighted by molar-refractivity contribution is 7.90. The summed E-state index contributed by atoms with van der Waals surface area (Å²) in [5.74, 6) is -0.547. The number of fused-ring (bicyclic) bond motifs is 1. The molecule has 1 aliphatic heterocycles. The lowest BCUT2D eigenvalue weighted by Crippen LogP contribution is -2.27. The summed E-state index contributed by atoms with van der Waals surface area (Å²) < 4.78 is 36.6. The summed E-state index contributed by atoms with van der Waals surface area (Å²) in [7, 11) is -2.21. The number of Topliss-reactive ketones (excluding diaryl/α,β-unsaturated/α-hetero) is 1. The number of carbonyl (C=O) groups is 2. The molecule has 0 spiro atoms. The number of benzene rings is 2. The molecule has 0 unspecified atom stereocenters. The lowest BCUT2D eigenvalue weighted by atomic mass is 10.1. The third-order valence-corrected chi connectivity index (χ3v) is 5.46. The average Bonchev–Trinajstić information content (AvgIpc) is 2.96. The Morgan fingerprint density at radius 2 is 1.89 bits per heavy atom. The van der Waals surface area contributed by atoms with Crippen molar-refractivity contribution < 1.29 is 27.5 Å². The van der Waals surface area contributed by atoms with Gasteiger partial charge in [-0.05, 0) is 31.2 Å². The van der Waals surface area contributed by atoms with Gasteiger partial charge in [0.2, 0.25) is 0 Å². The van der Waals surface area contributed by atoms with Crippen molar-refractivity contribution in [3.63, 3.8) is 0 Å². The molecule has 3 rings (SSSR count). The van der Waals surface area contributed by atoms with Crippen molar-refractivity contribution in [2.24, 2.45) is 4.99 Å². The second-order valence-electron chi connectivity index (χ2n) is 6.02. The lowest BCUT2D eigenvalue weighted by molar-refractivity contribution is -0.143. The fourth-order valence-electron chi connectivity index (χ4n) is 2.61. The molecule has 8 nitrogen and oxygen atoms in total. The highest BCUT2D eigenvalue weighted by atomic mass is 32.2. The summed E-state index contributed by atoms with van der Waals surface area (Å²) in [5.41, 5.74) is 0.734. The largest absolute Gasteiger partial charge is 0.497 e. The number of hydrogen-bond acceptors (Lipinski definition) is 7. The Bertz CT molecular complexity index is 1060. The first-order valence-corrected chi connectivity index (χ1v) is 9.84. The average molecular weight is 402 g/mol. The van der Waals surface area contributed by atoms with Crippen LogP contribution in [-0.4, -0.2) is 45.8 Å². The number of hydrogen-bond donors (Lipinski definition) is 1. The van der Waals surface area contributed by atoms with Crippen LogP contribution in [0, 0.1) is 0 Å². The molecular weight excluding hydrogens is 384 g/mol. The van der Waals surface area contributed by atoms with Crippen LogP contribution < -0.4 is 9.46 Å². The fourth-order valence-corrected chi connectivity index (χ4v) is 3.85. The minimum Gasteiger partial charge on any atom is -0.497 e. The van der Waals surface area contributed by atoms with Crippen molar-refractivity contribution in [3.05, 3.63) is 59.7 Å². The maximum Gasteiger partial charge on any atom is 0.331 e. The van der Waals surface area contributed by atoms with Crippen LogP contribution in [-0.2, 0) is 19.6 Å². The highest BCUT2D eigenvalue weighted by Gasteiger charge is 2.31. The summed E-state index contributed by atoms with van der Waals surface area (Å²) in [6, 6.07) is 11.8. The molecule has 1 atom stereocenters. The minimum atomic E-state index is -3.69. The Morgan fingerprint density at radius 1 is 1.14 bits per heavy atom. The maximum absolute atomic E-state index is 12.2.